The topological polar surface area (TPSA) is 0 Å². The van der Waals surface area contributed by atoms with Crippen molar-refractivity contribution in [3.63, 3.8) is 0 Å². The van der Waals surface area contributed by atoms with Crippen molar-refractivity contribution in [3.05, 3.63) is 29.3 Å². The van der Waals surface area contributed by atoms with Gasteiger partial charge < -0.3 is 12.9 Å². The van der Waals surface area contributed by atoms with Crippen LogP contribution in [0.25, 0.3) is 0 Å². The molecule has 0 nitrogen and oxygen atoms in total. The Hall–Kier alpha value is -0.925. The van der Waals surface area contributed by atoms with Crippen molar-refractivity contribution < 1.29 is 12.9 Å². The van der Waals surface area contributed by atoms with Crippen molar-refractivity contribution in [1.82, 2.24) is 0 Å². The number of benzene rings is 1. The van der Waals surface area contributed by atoms with Crippen LogP contribution in [-0.2, 0) is 0 Å². The van der Waals surface area contributed by atoms with Gasteiger partial charge in [-0.25, -0.2) is 0 Å². The fraction of sp³-hybridized carbons (Fsp3) is 0.500. The summed E-state index contributed by atoms with van der Waals surface area (Å²) >= 11 is 0. The van der Waals surface area contributed by atoms with Gasteiger partial charge in [-0.2, -0.15) is 0 Å². The molecule has 0 fully saturated rings. The number of halogens is 3. The maximum atomic E-state index is 12.8. The third kappa shape index (κ3) is 2.80. The van der Waals surface area contributed by atoms with Gasteiger partial charge in [0.1, 0.15) is 0 Å². The predicted octanol–water partition coefficient (Wildman–Crippen LogP) is 3.99. The molecule has 0 aliphatic heterocycles. The molecule has 0 amide bonds. The van der Waals surface area contributed by atoms with Crippen molar-refractivity contribution in [1.29, 1.82) is 0 Å². The molecule has 0 unspecified atom stereocenters. The molecule has 0 spiro atoms. The fourth-order valence-electron chi connectivity index (χ4n) is 1.75. The average Bonchev–Trinajstić information content (AvgIpc) is 2.15. The molecule has 0 radical (unpaired) electrons. The van der Waals surface area contributed by atoms with Crippen LogP contribution in [0.3, 0.4) is 0 Å². The van der Waals surface area contributed by atoms with E-state index in [-0.39, 0.29) is 11.8 Å². The third-order valence-corrected chi connectivity index (χ3v) is 2.75. The van der Waals surface area contributed by atoms with E-state index in [9.17, 15) is 12.9 Å². The highest BCUT2D eigenvalue weighted by Crippen LogP contribution is 2.23. The molecule has 90 valence electrons. The quantitative estimate of drug-likeness (QED) is 0.687. The Morgan fingerprint density at radius 1 is 0.938 bits per heavy atom. The van der Waals surface area contributed by atoms with Gasteiger partial charge in [0, 0.05) is 0 Å². The van der Waals surface area contributed by atoms with Crippen molar-refractivity contribution in [2.24, 2.45) is 0 Å². The van der Waals surface area contributed by atoms with Crippen LogP contribution >= 0.6 is 0 Å². The molecule has 16 heavy (non-hydrogen) atoms. The number of rotatable bonds is 3. The van der Waals surface area contributed by atoms with Gasteiger partial charge in [0.05, 0.1) is 0 Å². The van der Waals surface area contributed by atoms with Gasteiger partial charge in [-0.05, 0) is 17.4 Å². The first-order valence-corrected chi connectivity index (χ1v) is 5.57. The Morgan fingerprint density at radius 2 is 1.50 bits per heavy atom. The van der Waals surface area contributed by atoms with Crippen LogP contribution in [0.4, 0.5) is 12.9 Å². The molecule has 1 aromatic rings. The van der Waals surface area contributed by atoms with E-state index in [0.717, 1.165) is 5.56 Å². The van der Waals surface area contributed by atoms with Crippen LogP contribution in [-0.4, -0.2) is 6.98 Å². The highest BCUT2D eigenvalue weighted by molar-refractivity contribution is 6.74. The maximum absolute atomic E-state index is 12.8. The summed E-state index contributed by atoms with van der Waals surface area (Å²) in [5, 5.41) is 0. The standard InChI is InChI=1S/C12H17BF3/c1-8(2)10-5-6-12(13(14,15)16)11(7-10)9(3)4/h5-9H,1-4H3/q-1. The van der Waals surface area contributed by atoms with Gasteiger partial charge in [-0.1, -0.05) is 51.5 Å². The summed E-state index contributed by atoms with van der Waals surface area (Å²) in [6, 6.07) is 4.51. The molecule has 0 aromatic heterocycles. The monoisotopic (exact) mass is 229 g/mol. The highest BCUT2D eigenvalue weighted by atomic mass is 19.4. The van der Waals surface area contributed by atoms with E-state index in [0.29, 0.717) is 5.56 Å². The minimum atomic E-state index is -4.90. The van der Waals surface area contributed by atoms with Crippen LogP contribution < -0.4 is 5.46 Å². The molecular weight excluding hydrogens is 212 g/mol. The molecule has 1 rings (SSSR count). The Labute approximate surface area is 94.9 Å². The third-order valence-electron chi connectivity index (χ3n) is 2.75. The summed E-state index contributed by atoms with van der Waals surface area (Å²) in [7, 11) is 0. The van der Waals surface area contributed by atoms with Gasteiger partial charge in [-0.15, -0.1) is 5.46 Å². The zero-order valence-corrected chi connectivity index (χ0v) is 10.1. The van der Waals surface area contributed by atoms with Crippen molar-refractivity contribution >= 4 is 12.4 Å². The molecular formula is C12H17BF3-. The molecule has 1 aromatic carbocycles. The SMILES string of the molecule is CC(C)c1ccc([B-](F)(F)F)c(C(C)C)c1. The second-order valence-corrected chi connectivity index (χ2v) is 4.77. The Kier molecular flexibility index (Phi) is 3.71. The molecule has 0 bridgehead atoms. The predicted molar refractivity (Wildman–Crippen MR) is 63.3 cm³/mol. The molecule has 0 atom stereocenters. The van der Waals surface area contributed by atoms with Gasteiger partial charge in [-0.3, -0.25) is 0 Å². The summed E-state index contributed by atoms with van der Waals surface area (Å²) in [5.41, 5.74) is 0.936. The molecule has 4 heteroatoms. The lowest BCUT2D eigenvalue weighted by molar-refractivity contribution is 0.499. The Bertz CT molecular complexity index is 367. The lowest BCUT2D eigenvalue weighted by Gasteiger charge is -2.23. The first-order valence-electron chi connectivity index (χ1n) is 5.57. The van der Waals surface area contributed by atoms with Crippen LogP contribution in [0.15, 0.2) is 18.2 Å². The minimum absolute atomic E-state index is 0.0998. The zero-order chi connectivity index (χ0) is 12.5. The summed E-state index contributed by atoms with van der Waals surface area (Å²) in [6.45, 7) is 2.66. The van der Waals surface area contributed by atoms with E-state index in [1.54, 1.807) is 26.0 Å². The second-order valence-electron chi connectivity index (χ2n) is 4.77. The van der Waals surface area contributed by atoms with Gasteiger partial charge in [0.15, 0.2) is 0 Å². The van der Waals surface area contributed by atoms with Crippen molar-refractivity contribution in [2.75, 3.05) is 0 Å². The van der Waals surface area contributed by atoms with Gasteiger partial charge >= 0.3 is 6.98 Å². The van der Waals surface area contributed by atoms with Gasteiger partial charge in [0.25, 0.3) is 0 Å². The average molecular weight is 229 g/mol. The minimum Gasteiger partial charge on any atom is -0.445 e. The lowest BCUT2D eigenvalue weighted by atomic mass is 9.73. The first-order chi connectivity index (χ1) is 7.23. The zero-order valence-electron chi connectivity index (χ0n) is 10.1. The lowest BCUT2D eigenvalue weighted by Crippen LogP contribution is -2.37. The number of hydrogen-bond donors (Lipinski definition) is 0. The van der Waals surface area contributed by atoms with Crippen molar-refractivity contribution in [2.45, 2.75) is 39.5 Å². The Morgan fingerprint density at radius 3 is 1.88 bits per heavy atom. The summed E-state index contributed by atoms with van der Waals surface area (Å²) in [4.78, 5) is 0. The van der Waals surface area contributed by atoms with Crippen LogP contribution in [0.2, 0.25) is 0 Å². The van der Waals surface area contributed by atoms with Crippen LogP contribution in [0.1, 0.15) is 50.7 Å². The van der Waals surface area contributed by atoms with E-state index in [1.165, 1.54) is 6.07 Å². The smallest absolute Gasteiger partial charge is 0.445 e. The summed E-state index contributed by atoms with van der Waals surface area (Å²) in [5.74, 6) is 0.157. The fourth-order valence-corrected chi connectivity index (χ4v) is 1.75. The molecule has 0 aliphatic rings. The van der Waals surface area contributed by atoms with E-state index in [4.69, 9.17) is 0 Å². The summed E-state index contributed by atoms with van der Waals surface area (Å²) < 4.78 is 38.4. The van der Waals surface area contributed by atoms with E-state index in [1.807, 2.05) is 13.8 Å². The number of hydrogen-bond acceptors (Lipinski definition) is 0. The molecule has 0 heterocycles. The van der Waals surface area contributed by atoms with Crippen LogP contribution in [0, 0.1) is 0 Å². The molecule has 0 saturated carbocycles. The van der Waals surface area contributed by atoms with Crippen LogP contribution in [0.5, 0.6) is 0 Å². The molecule has 0 saturated heterocycles. The maximum Gasteiger partial charge on any atom is 0.509 e. The Balaban J connectivity index is 3.31. The van der Waals surface area contributed by atoms with Gasteiger partial charge in [0.2, 0.25) is 0 Å². The normalized spacial score (nSPS) is 12.6. The molecule has 0 aliphatic carbocycles. The second kappa shape index (κ2) is 4.52. The largest absolute Gasteiger partial charge is 0.509 e. The first kappa shape index (κ1) is 13.1. The van der Waals surface area contributed by atoms with Crippen molar-refractivity contribution in [3.8, 4) is 0 Å². The van der Waals surface area contributed by atoms with E-state index in [2.05, 4.69) is 0 Å². The van der Waals surface area contributed by atoms with E-state index < -0.39 is 12.4 Å². The highest BCUT2D eigenvalue weighted by Gasteiger charge is 2.29. The van der Waals surface area contributed by atoms with E-state index >= 15 is 0 Å². The molecule has 0 N–H and O–H groups in total. The summed E-state index contributed by atoms with van der Waals surface area (Å²) in [6.07, 6.45) is 0.